The van der Waals surface area contributed by atoms with Crippen LogP contribution in [0, 0.1) is 11.3 Å². The highest BCUT2D eigenvalue weighted by Gasteiger charge is 2.41. The lowest BCUT2D eigenvalue weighted by Crippen LogP contribution is -2.40. The summed E-state index contributed by atoms with van der Waals surface area (Å²) in [7, 11) is 1.61. The Morgan fingerprint density at radius 3 is 2.37 bits per heavy atom. The molecule has 2 aromatic heterocycles. The minimum absolute atomic E-state index is 0.0196. The Kier molecular flexibility index (Phi) is 8.93. The Labute approximate surface area is 245 Å². The van der Waals surface area contributed by atoms with Crippen molar-refractivity contribution in [3.05, 3.63) is 39.4 Å². The normalized spacial score (nSPS) is 17.8. The number of alkyl halides is 3. The fourth-order valence-electron chi connectivity index (χ4n) is 4.60. The third kappa shape index (κ3) is 7.16. The number of rotatable bonds is 7. The van der Waals surface area contributed by atoms with Crippen LogP contribution in [-0.2, 0) is 11.3 Å². The summed E-state index contributed by atoms with van der Waals surface area (Å²) >= 11 is 13.0. The van der Waals surface area contributed by atoms with Crippen LogP contribution in [0.2, 0.25) is 10.0 Å². The maximum Gasteiger partial charge on any atom is 0.391 e. The number of carbonyl (C=O) groups is 2. The summed E-state index contributed by atoms with van der Waals surface area (Å²) in [4.78, 5) is 37.3. The molecule has 1 fully saturated rings. The smallest absolute Gasteiger partial charge is 0.372 e. The number of benzene rings is 1. The summed E-state index contributed by atoms with van der Waals surface area (Å²) in [6, 6.07) is 4.56. The van der Waals surface area contributed by atoms with Crippen LogP contribution in [0.3, 0.4) is 0 Å². The zero-order valence-electron chi connectivity index (χ0n) is 23.0. The topological polar surface area (TPSA) is 124 Å². The van der Waals surface area contributed by atoms with E-state index < -0.39 is 23.4 Å². The number of H-pyrrole nitrogens is 1. The second-order valence-electron chi connectivity index (χ2n) is 11.1. The highest BCUT2D eigenvalue weighted by molar-refractivity contribution is 6.39. The van der Waals surface area contributed by atoms with Gasteiger partial charge in [-0.1, -0.05) is 50.0 Å². The molecule has 3 aromatic rings. The van der Waals surface area contributed by atoms with Crippen molar-refractivity contribution in [3.63, 3.8) is 0 Å². The molecule has 14 heteroatoms. The first-order valence-corrected chi connectivity index (χ1v) is 13.9. The number of hydrogen-bond donors (Lipinski definition) is 5. The van der Waals surface area contributed by atoms with Crippen molar-refractivity contribution in [3.8, 4) is 0 Å². The molecule has 222 valence electrons. The Hall–Kier alpha value is -3.25. The zero-order chi connectivity index (χ0) is 30.1. The van der Waals surface area contributed by atoms with E-state index in [1.54, 1.807) is 25.2 Å². The average molecular weight is 615 g/mol. The van der Waals surface area contributed by atoms with Crippen LogP contribution in [0.5, 0.6) is 0 Å². The molecule has 1 aliphatic rings. The number of nitrogens with one attached hydrogen (secondary N) is 5. The van der Waals surface area contributed by atoms with Crippen LogP contribution in [0.25, 0.3) is 11.2 Å². The highest BCUT2D eigenvalue weighted by atomic mass is 35.5. The molecule has 4 rings (SSSR count). The quantitative estimate of drug-likeness (QED) is 0.205. The molecule has 0 aliphatic heterocycles. The molecular weight excluding hydrogens is 582 g/mol. The molecule has 0 saturated heterocycles. The van der Waals surface area contributed by atoms with E-state index in [0.717, 1.165) is 0 Å². The number of amides is 2. The van der Waals surface area contributed by atoms with E-state index in [1.807, 2.05) is 20.8 Å². The lowest BCUT2D eigenvalue weighted by Gasteiger charge is -2.30. The number of aromatic nitrogens is 3. The van der Waals surface area contributed by atoms with Crippen molar-refractivity contribution in [2.75, 3.05) is 17.7 Å². The fourth-order valence-corrected chi connectivity index (χ4v) is 5.13. The number of anilines is 3. The third-order valence-corrected chi connectivity index (χ3v) is 7.76. The lowest BCUT2D eigenvalue weighted by molar-refractivity contribution is -0.182. The Balaban J connectivity index is 1.51. The molecule has 1 aliphatic carbocycles. The van der Waals surface area contributed by atoms with Gasteiger partial charge in [0.2, 0.25) is 11.9 Å². The van der Waals surface area contributed by atoms with Gasteiger partial charge in [0.25, 0.3) is 5.91 Å². The van der Waals surface area contributed by atoms with Gasteiger partial charge in [0, 0.05) is 25.0 Å². The van der Waals surface area contributed by atoms with Gasteiger partial charge in [-0.25, -0.2) is 9.97 Å². The largest absolute Gasteiger partial charge is 0.391 e. The van der Waals surface area contributed by atoms with Gasteiger partial charge < -0.3 is 26.3 Å². The van der Waals surface area contributed by atoms with E-state index >= 15 is 0 Å². The molecule has 9 nitrogen and oxygen atoms in total. The van der Waals surface area contributed by atoms with Gasteiger partial charge in [-0.2, -0.15) is 13.2 Å². The number of fused-ring (bicyclic) bond motifs is 1. The maximum atomic E-state index is 13.1. The minimum atomic E-state index is -4.22. The fraction of sp³-hybridized carbons (Fsp3) is 0.481. The molecule has 0 unspecified atom stereocenters. The first kappa shape index (κ1) is 30.7. The highest BCUT2D eigenvalue weighted by Crippen LogP contribution is 2.38. The zero-order valence-corrected chi connectivity index (χ0v) is 24.5. The summed E-state index contributed by atoms with van der Waals surface area (Å²) in [5.41, 5.74) is 1.42. The number of aromatic amines is 1. The van der Waals surface area contributed by atoms with Crippen molar-refractivity contribution in [1.29, 1.82) is 0 Å². The van der Waals surface area contributed by atoms with Gasteiger partial charge in [0.1, 0.15) is 11.3 Å². The summed E-state index contributed by atoms with van der Waals surface area (Å²) < 4.78 is 39.0. The Morgan fingerprint density at radius 1 is 1.07 bits per heavy atom. The van der Waals surface area contributed by atoms with Crippen molar-refractivity contribution >= 4 is 63.6 Å². The standard InChI is InChI=1S/C27H32Cl2F3N7O2/c1-26(2,3)24(41)34-12-13-5-10-17(28)20(19(13)29)37-25-36-18-11-16(21(33-4)38-22(18)39-25)23(40)35-15-8-6-14(7-9-15)27(30,31)32/h5,10-11,14-15H,6-9,12H2,1-4H3,(H,34,41)(H,35,40)(H3,33,36,37,38,39)/t14-,15-. The van der Waals surface area contributed by atoms with Gasteiger partial charge in [-0.15, -0.1) is 0 Å². The Bertz CT molecular complexity index is 1450. The summed E-state index contributed by atoms with van der Waals surface area (Å²) in [6.45, 7) is 5.63. The number of carbonyl (C=O) groups excluding carboxylic acids is 2. The van der Waals surface area contributed by atoms with Crippen molar-refractivity contribution in [1.82, 2.24) is 25.6 Å². The molecule has 0 atom stereocenters. The van der Waals surface area contributed by atoms with Crippen molar-refractivity contribution < 1.29 is 22.8 Å². The molecule has 1 saturated carbocycles. The van der Waals surface area contributed by atoms with Crippen LogP contribution >= 0.6 is 23.2 Å². The molecule has 0 spiro atoms. The molecule has 0 radical (unpaired) electrons. The van der Waals surface area contributed by atoms with Crippen LogP contribution in [-0.4, -0.2) is 46.0 Å². The monoisotopic (exact) mass is 613 g/mol. The molecule has 2 heterocycles. The van der Waals surface area contributed by atoms with Crippen LogP contribution in [0.15, 0.2) is 18.2 Å². The number of pyridine rings is 1. The predicted molar refractivity (Wildman–Crippen MR) is 154 cm³/mol. The minimum Gasteiger partial charge on any atom is -0.372 e. The number of hydrogen-bond acceptors (Lipinski definition) is 6. The number of halogens is 5. The molecule has 2 amide bonds. The van der Waals surface area contributed by atoms with Crippen LogP contribution in [0.4, 0.5) is 30.6 Å². The second kappa shape index (κ2) is 11.9. The van der Waals surface area contributed by atoms with Gasteiger partial charge in [-0.05, 0) is 43.4 Å². The maximum absolute atomic E-state index is 13.1. The molecule has 1 aromatic carbocycles. The second-order valence-corrected chi connectivity index (χ2v) is 11.9. The third-order valence-electron chi connectivity index (χ3n) is 7.01. The van der Waals surface area contributed by atoms with Gasteiger partial charge in [0.05, 0.1) is 27.2 Å². The molecule has 41 heavy (non-hydrogen) atoms. The van der Waals surface area contributed by atoms with Crippen LogP contribution in [0.1, 0.15) is 62.4 Å². The number of nitrogens with zero attached hydrogens (tertiary/aromatic N) is 2. The number of imidazole rings is 1. The van der Waals surface area contributed by atoms with E-state index in [1.165, 1.54) is 0 Å². The van der Waals surface area contributed by atoms with Crippen molar-refractivity contribution in [2.45, 2.75) is 65.2 Å². The summed E-state index contributed by atoms with van der Waals surface area (Å²) in [5, 5.41) is 12.3. The summed E-state index contributed by atoms with van der Waals surface area (Å²) in [6.07, 6.45) is -3.76. The molecular formula is C27H32Cl2F3N7O2. The van der Waals surface area contributed by atoms with E-state index in [9.17, 15) is 22.8 Å². The van der Waals surface area contributed by atoms with Gasteiger partial charge in [-0.3, -0.25) is 9.59 Å². The Morgan fingerprint density at radius 2 is 1.76 bits per heavy atom. The van der Waals surface area contributed by atoms with E-state index in [4.69, 9.17) is 23.2 Å². The summed E-state index contributed by atoms with van der Waals surface area (Å²) in [5.74, 6) is -1.37. The van der Waals surface area contributed by atoms with Gasteiger partial charge in [0.15, 0.2) is 5.65 Å². The lowest BCUT2D eigenvalue weighted by atomic mass is 9.85. The van der Waals surface area contributed by atoms with Crippen LogP contribution < -0.4 is 21.3 Å². The first-order chi connectivity index (χ1) is 19.2. The average Bonchev–Trinajstić information content (AvgIpc) is 3.30. The van der Waals surface area contributed by atoms with Gasteiger partial charge >= 0.3 is 6.18 Å². The van der Waals surface area contributed by atoms with E-state index in [2.05, 4.69) is 36.2 Å². The SMILES string of the molecule is CNc1nc2[nH]c(Nc3c(Cl)ccc(CNC(=O)C(C)(C)C)c3Cl)nc2cc1C(=O)N[C@H]1CC[C@H](C(F)(F)F)CC1. The van der Waals surface area contributed by atoms with Crippen molar-refractivity contribution in [2.24, 2.45) is 11.3 Å². The molecule has 5 N–H and O–H groups in total. The first-order valence-electron chi connectivity index (χ1n) is 13.2. The predicted octanol–water partition coefficient (Wildman–Crippen LogP) is 6.56. The molecule has 0 bridgehead atoms. The van der Waals surface area contributed by atoms with E-state index in [0.29, 0.717) is 32.5 Å². The van der Waals surface area contributed by atoms with E-state index in [-0.39, 0.29) is 61.5 Å².